The van der Waals surface area contributed by atoms with Gasteiger partial charge in [-0.2, -0.15) is 0 Å². The first kappa shape index (κ1) is 14.2. The standard InChI is InChI=1S/C18H25NO3/c1-20-17-14-7-4-9-21-16(14)15(11-12-5-2-8-19-12)13-6-3-10-22-18(13)17/h12,19H,2-11H2,1H3. The molecule has 0 aromatic heterocycles. The van der Waals surface area contributed by atoms with Crippen LogP contribution in [-0.2, 0) is 19.3 Å². The average molecular weight is 303 g/mol. The van der Waals surface area contributed by atoms with Gasteiger partial charge in [-0.3, -0.25) is 0 Å². The third kappa shape index (κ3) is 2.34. The highest BCUT2D eigenvalue weighted by molar-refractivity contribution is 5.64. The summed E-state index contributed by atoms with van der Waals surface area (Å²) in [6.45, 7) is 2.76. The predicted octanol–water partition coefficient (Wildman–Crippen LogP) is 2.64. The maximum absolute atomic E-state index is 6.11. The summed E-state index contributed by atoms with van der Waals surface area (Å²) in [5, 5.41) is 3.62. The Hall–Kier alpha value is -1.42. The first-order chi connectivity index (χ1) is 10.9. The van der Waals surface area contributed by atoms with E-state index in [1.807, 2.05) is 0 Å². The molecule has 3 aliphatic heterocycles. The smallest absolute Gasteiger partial charge is 0.167 e. The van der Waals surface area contributed by atoms with E-state index < -0.39 is 0 Å². The summed E-state index contributed by atoms with van der Waals surface area (Å²) in [6.07, 6.45) is 7.84. The minimum atomic E-state index is 0.578. The van der Waals surface area contributed by atoms with Gasteiger partial charge in [0.15, 0.2) is 11.5 Å². The van der Waals surface area contributed by atoms with Gasteiger partial charge in [0.2, 0.25) is 0 Å². The summed E-state index contributed by atoms with van der Waals surface area (Å²) in [7, 11) is 1.75. The molecule has 0 amide bonds. The minimum absolute atomic E-state index is 0.578. The molecule has 1 atom stereocenters. The Balaban J connectivity index is 1.83. The van der Waals surface area contributed by atoms with Crippen molar-refractivity contribution in [1.29, 1.82) is 0 Å². The molecule has 0 saturated carbocycles. The van der Waals surface area contributed by atoms with E-state index in [-0.39, 0.29) is 0 Å². The van der Waals surface area contributed by atoms with Gasteiger partial charge in [0.05, 0.1) is 20.3 Å². The molecular weight excluding hydrogens is 278 g/mol. The van der Waals surface area contributed by atoms with Crippen molar-refractivity contribution in [3.8, 4) is 17.2 Å². The van der Waals surface area contributed by atoms with E-state index >= 15 is 0 Å². The van der Waals surface area contributed by atoms with Crippen LogP contribution in [0.15, 0.2) is 0 Å². The lowest BCUT2D eigenvalue weighted by molar-refractivity contribution is 0.249. The molecule has 0 bridgehead atoms. The number of fused-ring (bicyclic) bond motifs is 2. The molecule has 4 rings (SSSR count). The average Bonchev–Trinajstić information content (AvgIpc) is 3.08. The fourth-order valence-corrected chi connectivity index (χ4v) is 4.11. The summed E-state index contributed by atoms with van der Waals surface area (Å²) in [4.78, 5) is 0. The lowest BCUT2D eigenvalue weighted by Gasteiger charge is -2.30. The molecule has 1 aromatic carbocycles. The van der Waals surface area contributed by atoms with Gasteiger partial charge in [-0.1, -0.05) is 0 Å². The third-order valence-electron chi connectivity index (χ3n) is 5.12. The Bertz CT molecular complexity index is 527. The van der Waals surface area contributed by atoms with Gasteiger partial charge < -0.3 is 19.5 Å². The highest BCUT2D eigenvalue weighted by atomic mass is 16.5. The van der Waals surface area contributed by atoms with Crippen LogP contribution in [0.1, 0.15) is 42.4 Å². The van der Waals surface area contributed by atoms with Gasteiger partial charge in [-0.15, -0.1) is 0 Å². The van der Waals surface area contributed by atoms with Crippen LogP contribution >= 0.6 is 0 Å². The molecule has 1 aromatic rings. The molecule has 1 unspecified atom stereocenters. The third-order valence-corrected chi connectivity index (χ3v) is 5.12. The minimum Gasteiger partial charge on any atom is -0.493 e. The van der Waals surface area contributed by atoms with Crippen molar-refractivity contribution in [2.24, 2.45) is 0 Å². The molecule has 120 valence electrons. The molecule has 0 spiro atoms. The molecule has 1 saturated heterocycles. The molecule has 4 heteroatoms. The lowest BCUT2D eigenvalue weighted by Crippen LogP contribution is -2.26. The van der Waals surface area contributed by atoms with Gasteiger partial charge in [0.25, 0.3) is 0 Å². The highest BCUT2D eigenvalue weighted by Gasteiger charge is 2.31. The molecule has 0 radical (unpaired) electrons. The number of benzene rings is 1. The van der Waals surface area contributed by atoms with E-state index in [1.54, 1.807) is 7.11 Å². The fraction of sp³-hybridized carbons (Fsp3) is 0.667. The Kier molecular flexibility index (Phi) is 3.87. The van der Waals surface area contributed by atoms with Crippen LogP contribution in [-0.4, -0.2) is 32.9 Å². The first-order valence-corrected chi connectivity index (χ1v) is 8.62. The quantitative estimate of drug-likeness (QED) is 0.932. The summed E-state index contributed by atoms with van der Waals surface area (Å²) in [6, 6.07) is 0.578. The summed E-state index contributed by atoms with van der Waals surface area (Å²) < 4.78 is 17.8. The van der Waals surface area contributed by atoms with Crippen molar-refractivity contribution in [3.05, 3.63) is 16.7 Å². The maximum Gasteiger partial charge on any atom is 0.167 e. The lowest BCUT2D eigenvalue weighted by atomic mass is 9.88. The van der Waals surface area contributed by atoms with Crippen molar-refractivity contribution in [2.75, 3.05) is 26.9 Å². The zero-order valence-electron chi connectivity index (χ0n) is 13.4. The molecule has 1 fully saturated rings. The van der Waals surface area contributed by atoms with Gasteiger partial charge in [-0.25, -0.2) is 0 Å². The van der Waals surface area contributed by atoms with Crippen LogP contribution in [0.5, 0.6) is 17.2 Å². The maximum atomic E-state index is 6.11. The van der Waals surface area contributed by atoms with Gasteiger partial charge in [0, 0.05) is 22.7 Å². The predicted molar refractivity (Wildman–Crippen MR) is 85.4 cm³/mol. The monoisotopic (exact) mass is 303 g/mol. The van der Waals surface area contributed by atoms with Crippen LogP contribution in [0, 0.1) is 0 Å². The highest BCUT2D eigenvalue weighted by Crippen LogP contribution is 2.48. The van der Waals surface area contributed by atoms with Crippen LogP contribution in [0.3, 0.4) is 0 Å². The van der Waals surface area contributed by atoms with Crippen LogP contribution < -0.4 is 19.5 Å². The Morgan fingerprint density at radius 3 is 2.55 bits per heavy atom. The molecule has 3 heterocycles. The molecule has 3 aliphatic rings. The van der Waals surface area contributed by atoms with E-state index in [0.29, 0.717) is 6.04 Å². The van der Waals surface area contributed by atoms with Crippen LogP contribution in [0.4, 0.5) is 0 Å². The molecule has 1 N–H and O–H groups in total. The number of hydrogen-bond donors (Lipinski definition) is 1. The number of rotatable bonds is 3. The van der Waals surface area contributed by atoms with E-state index in [0.717, 1.165) is 69.1 Å². The zero-order valence-corrected chi connectivity index (χ0v) is 13.4. The number of methoxy groups -OCH3 is 1. The topological polar surface area (TPSA) is 39.7 Å². The van der Waals surface area contributed by atoms with Crippen molar-refractivity contribution in [2.45, 2.75) is 51.0 Å². The Morgan fingerprint density at radius 1 is 1.05 bits per heavy atom. The van der Waals surface area contributed by atoms with E-state index in [1.165, 1.54) is 29.5 Å². The van der Waals surface area contributed by atoms with Crippen LogP contribution in [0.25, 0.3) is 0 Å². The second-order valence-corrected chi connectivity index (χ2v) is 6.53. The summed E-state index contributed by atoms with van der Waals surface area (Å²) in [5.41, 5.74) is 3.93. The van der Waals surface area contributed by atoms with Gasteiger partial charge in [-0.05, 0) is 51.5 Å². The molecule has 4 nitrogen and oxygen atoms in total. The number of ether oxygens (including phenoxy) is 3. The van der Waals surface area contributed by atoms with Crippen molar-refractivity contribution in [1.82, 2.24) is 5.32 Å². The first-order valence-electron chi connectivity index (χ1n) is 8.62. The molecule has 0 aliphatic carbocycles. The summed E-state index contributed by atoms with van der Waals surface area (Å²) in [5.74, 6) is 3.01. The van der Waals surface area contributed by atoms with Crippen molar-refractivity contribution in [3.63, 3.8) is 0 Å². The number of nitrogens with one attached hydrogen (secondary N) is 1. The van der Waals surface area contributed by atoms with Gasteiger partial charge in [0.1, 0.15) is 5.75 Å². The van der Waals surface area contributed by atoms with E-state index in [2.05, 4.69) is 5.32 Å². The second-order valence-electron chi connectivity index (χ2n) is 6.53. The Morgan fingerprint density at radius 2 is 1.82 bits per heavy atom. The largest absolute Gasteiger partial charge is 0.493 e. The normalized spacial score (nSPS) is 23.2. The van der Waals surface area contributed by atoms with Crippen molar-refractivity contribution >= 4 is 0 Å². The summed E-state index contributed by atoms with van der Waals surface area (Å²) >= 11 is 0. The molecule has 22 heavy (non-hydrogen) atoms. The van der Waals surface area contributed by atoms with Crippen molar-refractivity contribution < 1.29 is 14.2 Å². The van der Waals surface area contributed by atoms with Gasteiger partial charge >= 0.3 is 0 Å². The molecular formula is C18H25NO3. The van der Waals surface area contributed by atoms with E-state index in [9.17, 15) is 0 Å². The second kappa shape index (κ2) is 5.99. The van der Waals surface area contributed by atoms with Crippen LogP contribution in [0.2, 0.25) is 0 Å². The van der Waals surface area contributed by atoms with E-state index in [4.69, 9.17) is 14.2 Å². The zero-order chi connectivity index (χ0) is 14.9. The fourth-order valence-electron chi connectivity index (χ4n) is 4.11. The Labute approximate surface area is 132 Å². The SMILES string of the molecule is COc1c2c(c(CC3CCCN3)c3c1OCCC3)OCCC2. The number of hydrogen-bond acceptors (Lipinski definition) is 4.